The normalized spacial score (nSPS) is 26.8. The van der Waals surface area contributed by atoms with Crippen molar-refractivity contribution in [3.63, 3.8) is 0 Å². The number of fused-ring (bicyclic) bond motifs is 1. The van der Waals surface area contributed by atoms with E-state index in [1.165, 1.54) is 44.3 Å². The Bertz CT molecular complexity index is 454. The number of hydrogen-bond donors (Lipinski definition) is 2. The van der Waals surface area contributed by atoms with Crippen LogP contribution >= 0.6 is 0 Å². The van der Waals surface area contributed by atoms with Gasteiger partial charge in [0.05, 0.1) is 11.9 Å². The van der Waals surface area contributed by atoms with Crippen LogP contribution in [0.15, 0.2) is 18.3 Å². The maximum absolute atomic E-state index is 7.37. The van der Waals surface area contributed by atoms with Gasteiger partial charge in [-0.15, -0.1) is 0 Å². The third-order valence-corrected chi connectivity index (χ3v) is 4.68. The van der Waals surface area contributed by atoms with Crippen molar-refractivity contribution in [1.82, 2.24) is 4.98 Å². The van der Waals surface area contributed by atoms with Crippen molar-refractivity contribution in [3.8, 4) is 0 Å². The smallest absolute Gasteiger partial charge is 0.141 e. The lowest BCUT2D eigenvalue weighted by Gasteiger charge is -2.42. The van der Waals surface area contributed by atoms with Gasteiger partial charge in [0.1, 0.15) is 11.5 Å². The molecule has 2 heterocycles. The first kappa shape index (κ1) is 12.5. The van der Waals surface area contributed by atoms with Gasteiger partial charge < -0.3 is 10.6 Å². The molecule has 3 rings (SSSR count). The van der Waals surface area contributed by atoms with Crippen LogP contribution in [0, 0.1) is 17.2 Å². The summed E-state index contributed by atoms with van der Waals surface area (Å²) >= 11 is 0. The molecule has 0 spiro atoms. The summed E-state index contributed by atoms with van der Waals surface area (Å²) in [4.78, 5) is 6.71. The van der Waals surface area contributed by atoms with Crippen LogP contribution in [0.5, 0.6) is 0 Å². The Balaban J connectivity index is 1.70. The lowest BCUT2D eigenvalue weighted by Crippen LogP contribution is -2.41. The largest absolute Gasteiger partial charge is 0.382 e. The van der Waals surface area contributed by atoms with E-state index in [2.05, 4.69) is 9.88 Å². The molecule has 2 fully saturated rings. The van der Waals surface area contributed by atoms with Crippen LogP contribution in [-0.2, 0) is 0 Å². The molecule has 1 aliphatic carbocycles. The number of piperidine rings is 1. The van der Waals surface area contributed by atoms with Gasteiger partial charge in [-0.2, -0.15) is 0 Å². The van der Waals surface area contributed by atoms with E-state index in [0.717, 1.165) is 18.4 Å². The first-order chi connectivity index (χ1) is 9.24. The van der Waals surface area contributed by atoms with Gasteiger partial charge in [0, 0.05) is 13.1 Å². The predicted molar refractivity (Wildman–Crippen MR) is 77.5 cm³/mol. The van der Waals surface area contributed by atoms with E-state index < -0.39 is 0 Å². The number of amidine groups is 1. The van der Waals surface area contributed by atoms with Crippen molar-refractivity contribution in [2.24, 2.45) is 17.6 Å². The quantitative estimate of drug-likeness (QED) is 0.632. The van der Waals surface area contributed by atoms with Crippen LogP contribution in [0.4, 0.5) is 5.69 Å². The summed E-state index contributed by atoms with van der Waals surface area (Å²) in [6, 6.07) is 3.90. The summed E-state index contributed by atoms with van der Waals surface area (Å²) in [5.41, 5.74) is 7.18. The van der Waals surface area contributed by atoms with Crippen molar-refractivity contribution in [2.45, 2.75) is 32.1 Å². The molecule has 1 aromatic heterocycles. The molecule has 0 bridgehead atoms. The van der Waals surface area contributed by atoms with Crippen molar-refractivity contribution < 1.29 is 0 Å². The van der Waals surface area contributed by atoms with Gasteiger partial charge in [-0.1, -0.05) is 19.3 Å². The van der Waals surface area contributed by atoms with E-state index in [4.69, 9.17) is 11.1 Å². The average molecular weight is 258 g/mol. The molecular formula is C15H22N4. The molecular weight excluding hydrogens is 236 g/mol. The van der Waals surface area contributed by atoms with Crippen LogP contribution in [0.1, 0.15) is 37.8 Å². The topological polar surface area (TPSA) is 66.0 Å². The lowest BCUT2D eigenvalue weighted by atomic mass is 9.75. The molecule has 102 valence electrons. The molecule has 3 N–H and O–H groups in total. The number of nitrogen functional groups attached to an aromatic ring is 1. The SMILES string of the molecule is N=C(N)c1ccc(N2CCC3CCCCC3C2)cn1. The van der Waals surface area contributed by atoms with Crippen molar-refractivity contribution in [3.05, 3.63) is 24.0 Å². The van der Waals surface area contributed by atoms with E-state index in [1.807, 2.05) is 18.3 Å². The van der Waals surface area contributed by atoms with Gasteiger partial charge in [0.2, 0.25) is 0 Å². The number of nitrogens with two attached hydrogens (primary N) is 1. The van der Waals surface area contributed by atoms with E-state index in [-0.39, 0.29) is 5.84 Å². The maximum Gasteiger partial charge on any atom is 0.141 e. The van der Waals surface area contributed by atoms with Crippen LogP contribution in [0.25, 0.3) is 0 Å². The number of aromatic nitrogens is 1. The summed E-state index contributed by atoms with van der Waals surface area (Å²) < 4.78 is 0. The van der Waals surface area contributed by atoms with Gasteiger partial charge in [-0.05, 0) is 36.8 Å². The van der Waals surface area contributed by atoms with Crippen LogP contribution < -0.4 is 10.6 Å². The van der Waals surface area contributed by atoms with Gasteiger partial charge in [0.15, 0.2) is 0 Å². The number of anilines is 1. The summed E-state index contributed by atoms with van der Waals surface area (Å²) in [7, 11) is 0. The first-order valence-electron chi connectivity index (χ1n) is 7.29. The van der Waals surface area contributed by atoms with Crippen molar-refractivity contribution >= 4 is 11.5 Å². The number of hydrogen-bond acceptors (Lipinski definition) is 3. The molecule has 4 nitrogen and oxygen atoms in total. The predicted octanol–water partition coefficient (Wildman–Crippen LogP) is 2.38. The number of rotatable bonds is 2. The molecule has 2 atom stereocenters. The van der Waals surface area contributed by atoms with E-state index in [1.54, 1.807) is 0 Å². The fourth-order valence-corrected chi connectivity index (χ4v) is 3.57. The zero-order chi connectivity index (χ0) is 13.2. The Morgan fingerprint density at radius 3 is 2.68 bits per heavy atom. The standard InChI is InChI=1S/C15H22N4/c16-15(17)14-6-5-13(9-18-14)19-8-7-11-3-1-2-4-12(11)10-19/h5-6,9,11-12H,1-4,7-8,10H2,(H3,16,17). The van der Waals surface area contributed by atoms with E-state index >= 15 is 0 Å². The minimum Gasteiger partial charge on any atom is -0.382 e. The Morgan fingerprint density at radius 2 is 2.00 bits per heavy atom. The number of nitrogens with one attached hydrogen (secondary N) is 1. The Kier molecular flexibility index (Phi) is 3.40. The molecule has 0 amide bonds. The van der Waals surface area contributed by atoms with Crippen LogP contribution in [0.2, 0.25) is 0 Å². The third kappa shape index (κ3) is 2.57. The van der Waals surface area contributed by atoms with Crippen LogP contribution in [0.3, 0.4) is 0 Å². The molecule has 19 heavy (non-hydrogen) atoms. The Hall–Kier alpha value is -1.58. The third-order valence-electron chi connectivity index (χ3n) is 4.68. The molecule has 1 aromatic rings. The Morgan fingerprint density at radius 1 is 1.21 bits per heavy atom. The molecule has 1 saturated carbocycles. The minimum atomic E-state index is 0.0394. The second-order valence-corrected chi connectivity index (χ2v) is 5.85. The average Bonchev–Trinajstić information content (AvgIpc) is 2.47. The number of pyridine rings is 1. The minimum absolute atomic E-state index is 0.0394. The summed E-state index contributed by atoms with van der Waals surface area (Å²) in [6.45, 7) is 2.31. The maximum atomic E-state index is 7.37. The summed E-state index contributed by atoms with van der Waals surface area (Å²) in [5, 5.41) is 7.37. The molecule has 1 saturated heterocycles. The molecule has 2 aliphatic rings. The first-order valence-corrected chi connectivity index (χ1v) is 7.29. The van der Waals surface area contributed by atoms with Crippen molar-refractivity contribution in [1.29, 1.82) is 5.41 Å². The second kappa shape index (κ2) is 5.19. The lowest BCUT2D eigenvalue weighted by molar-refractivity contribution is 0.202. The summed E-state index contributed by atoms with van der Waals surface area (Å²) in [6.07, 6.45) is 8.83. The molecule has 2 unspecified atom stereocenters. The monoisotopic (exact) mass is 258 g/mol. The highest BCUT2D eigenvalue weighted by atomic mass is 15.1. The highest BCUT2D eigenvalue weighted by Crippen LogP contribution is 2.37. The Labute approximate surface area is 114 Å². The van der Waals surface area contributed by atoms with E-state index in [0.29, 0.717) is 5.69 Å². The molecule has 0 radical (unpaired) electrons. The molecule has 1 aliphatic heterocycles. The highest BCUT2D eigenvalue weighted by molar-refractivity contribution is 5.93. The molecule has 4 heteroatoms. The zero-order valence-corrected chi connectivity index (χ0v) is 11.3. The van der Waals surface area contributed by atoms with Gasteiger partial charge in [-0.3, -0.25) is 10.4 Å². The summed E-state index contributed by atoms with van der Waals surface area (Å²) in [5.74, 6) is 1.86. The van der Waals surface area contributed by atoms with Gasteiger partial charge >= 0.3 is 0 Å². The molecule has 0 aromatic carbocycles. The van der Waals surface area contributed by atoms with Gasteiger partial charge in [0.25, 0.3) is 0 Å². The number of nitrogens with zero attached hydrogens (tertiary/aromatic N) is 2. The zero-order valence-electron chi connectivity index (χ0n) is 11.3. The van der Waals surface area contributed by atoms with Crippen LogP contribution in [-0.4, -0.2) is 23.9 Å². The fourth-order valence-electron chi connectivity index (χ4n) is 3.57. The second-order valence-electron chi connectivity index (χ2n) is 5.85. The van der Waals surface area contributed by atoms with Gasteiger partial charge in [-0.25, -0.2) is 0 Å². The fraction of sp³-hybridized carbons (Fsp3) is 0.600. The highest BCUT2D eigenvalue weighted by Gasteiger charge is 2.31. The van der Waals surface area contributed by atoms with Crippen molar-refractivity contribution in [2.75, 3.05) is 18.0 Å². The van der Waals surface area contributed by atoms with E-state index in [9.17, 15) is 0 Å².